The minimum atomic E-state index is 0.858. The third-order valence-corrected chi connectivity index (χ3v) is 14.4. The summed E-state index contributed by atoms with van der Waals surface area (Å²) >= 11 is 0. The minimum absolute atomic E-state index is 0.858. The molecule has 0 aliphatic rings. The molecule has 0 N–H and O–H groups in total. The van der Waals surface area contributed by atoms with Crippen molar-refractivity contribution in [2.24, 2.45) is 0 Å². The topological polar surface area (TPSA) is 16.4 Å². The molecule has 0 unspecified atom stereocenters. The van der Waals surface area contributed by atoms with Crippen molar-refractivity contribution in [3.63, 3.8) is 0 Å². The Morgan fingerprint density at radius 1 is 0.257 bits per heavy atom. The first-order chi connectivity index (χ1) is 34.6. The number of hydrogen-bond donors (Lipinski definition) is 0. The molecule has 0 aliphatic carbocycles. The molecular weight excluding hydrogens is 847 g/mol. The highest BCUT2D eigenvalue weighted by molar-refractivity contribution is 6.21. The lowest BCUT2D eigenvalue weighted by Crippen LogP contribution is -2.10. The summed E-state index contributed by atoms with van der Waals surface area (Å²) in [4.78, 5) is 2.34. The summed E-state index contributed by atoms with van der Waals surface area (Å²) < 4.78 is 6.86. The molecule has 0 atom stereocenters. The van der Waals surface area contributed by atoms with E-state index in [1.807, 2.05) is 0 Å². The Morgan fingerprint density at radius 2 is 0.686 bits per heavy atom. The molecule has 13 aromatic carbocycles. The van der Waals surface area contributed by atoms with Crippen molar-refractivity contribution in [1.29, 1.82) is 0 Å². The summed E-state index contributed by atoms with van der Waals surface area (Å²) in [6, 6.07) is 95.0. The Hall–Kier alpha value is -9.24. The van der Waals surface area contributed by atoms with E-state index in [0.717, 1.165) is 50.1 Å². The number of furan rings is 1. The largest absolute Gasteiger partial charge is 0.454 e. The summed E-state index contributed by atoms with van der Waals surface area (Å²) in [6.07, 6.45) is 0. The highest BCUT2D eigenvalue weighted by Gasteiger charge is 2.21. The van der Waals surface area contributed by atoms with E-state index in [4.69, 9.17) is 4.42 Å². The molecule has 0 saturated heterocycles. The number of nitrogens with zero attached hydrogens (tertiary/aromatic N) is 1. The van der Waals surface area contributed by atoms with E-state index in [0.29, 0.717) is 0 Å². The minimum Gasteiger partial charge on any atom is -0.454 e. The van der Waals surface area contributed by atoms with Gasteiger partial charge in [0.05, 0.1) is 5.69 Å². The van der Waals surface area contributed by atoms with E-state index < -0.39 is 0 Å². The summed E-state index contributed by atoms with van der Waals surface area (Å²) in [5, 5.41) is 14.5. The van der Waals surface area contributed by atoms with Crippen molar-refractivity contribution in [3.05, 3.63) is 261 Å². The fraction of sp³-hybridized carbons (Fsp3) is 0. The van der Waals surface area contributed by atoms with Gasteiger partial charge in [-0.1, -0.05) is 194 Å². The van der Waals surface area contributed by atoms with Crippen LogP contribution in [0.4, 0.5) is 17.1 Å². The lowest BCUT2D eigenvalue weighted by Gasteiger charge is -2.26. The van der Waals surface area contributed by atoms with Gasteiger partial charge in [-0.05, 0) is 165 Å². The number of para-hydroxylation sites is 1. The second kappa shape index (κ2) is 16.2. The summed E-state index contributed by atoms with van der Waals surface area (Å²) in [5.41, 5.74) is 14.4. The molecule has 14 aromatic rings. The van der Waals surface area contributed by atoms with E-state index in [9.17, 15) is 0 Å². The third kappa shape index (κ3) is 6.80. The Bertz CT molecular complexity index is 4350. The first-order valence-electron chi connectivity index (χ1n) is 24.0. The summed E-state index contributed by atoms with van der Waals surface area (Å²) in [5.74, 6) is 0. The summed E-state index contributed by atoms with van der Waals surface area (Å²) in [7, 11) is 0. The van der Waals surface area contributed by atoms with Crippen LogP contribution < -0.4 is 4.90 Å². The van der Waals surface area contributed by atoms with E-state index in [2.05, 4.69) is 266 Å². The molecule has 70 heavy (non-hydrogen) atoms. The van der Waals surface area contributed by atoms with Crippen LogP contribution in [-0.4, -0.2) is 0 Å². The zero-order valence-corrected chi connectivity index (χ0v) is 38.2. The lowest BCUT2D eigenvalue weighted by atomic mass is 9.94. The Balaban J connectivity index is 0.833. The number of benzene rings is 13. The SMILES string of the molecule is c1ccc2cc(-c3ccc4cc(-c5ccc(N(c6ccc(-c7ccc8c(-c9ccc%10ccccc%10c9)cccc8c7)cc6)c6cccc7c6oc6ccc8ccccc8c67)cc5)ccc4c3)ccc2c1. The van der Waals surface area contributed by atoms with Crippen molar-refractivity contribution < 1.29 is 4.42 Å². The molecule has 0 saturated carbocycles. The smallest absolute Gasteiger partial charge is 0.159 e. The van der Waals surface area contributed by atoms with E-state index in [-0.39, 0.29) is 0 Å². The van der Waals surface area contributed by atoms with Crippen LogP contribution in [0, 0.1) is 0 Å². The number of hydrogen-bond acceptors (Lipinski definition) is 2. The first-order valence-corrected chi connectivity index (χ1v) is 24.0. The van der Waals surface area contributed by atoms with Gasteiger partial charge in [0.1, 0.15) is 5.58 Å². The number of fused-ring (bicyclic) bond motifs is 9. The van der Waals surface area contributed by atoms with Crippen LogP contribution in [0.5, 0.6) is 0 Å². The van der Waals surface area contributed by atoms with Gasteiger partial charge < -0.3 is 9.32 Å². The van der Waals surface area contributed by atoms with Crippen LogP contribution in [0.25, 0.3) is 120 Å². The number of anilines is 3. The average molecular weight is 890 g/mol. The van der Waals surface area contributed by atoms with Crippen LogP contribution in [-0.2, 0) is 0 Å². The Labute approximate surface area is 405 Å². The van der Waals surface area contributed by atoms with Crippen molar-refractivity contribution in [3.8, 4) is 44.5 Å². The fourth-order valence-corrected chi connectivity index (χ4v) is 10.8. The maximum Gasteiger partial charge on any atom is 0.159 e. The van der Waals surface area contributed by atoms with Gasteiger partial charge in [0.25, 0.3) is 0 Å². The molecule has 14 rings (SSSR count). The van der Waals surface area contributed by atoms with E-state index in [1.165, 1.54) is 87.2 Å². The van der Waals surface area contributed by atoms with Gasteiger partial charge in [-0.15, -0.1) is 0 Å². The molecule has 0 amide bonds. The van der Waals surface area contributed by atoms with Gasteiger partial charge in [0.2, 0.25) is 0 Å². The zero-order valence-electron chi connectivity index (χ0n) is 38.2. The number of rotatable bonds is 7. The molecular formula is C68H43NO. The normalized spacial score (nSPS) is 11.7. The standard InChI is InChI=1S/C68H43NO/c1-3-12-49-39-53(21-19-44(49)9-1)56-25-24-54-40-51(22-23-55(54)41-56)46-27-33-59(34-28-46)69(65-18-8-17-64-67-63-15-6-5-11-48(63)32-38-66(67)70-68(64)65)60-35-29-47(30-36-60)52-31-37-62-57(43-52)14-7-16-61(62)58-26-20-45-10-2-4-13-50(45)42-58/h1-43H. The maximum atomic E-state index is 6.86. The van der Waals surface area contributed by atoms with Crippen molar-refractivity contribution in [1.82, 2.24) is 0 Å². The van der Waals surface area contributed by atoms with Crippen molar-refractivity contribution in [2.75, 3.05) is 4.90 Å². The molecule has 0 fully saturated rings. The van der Waals surface area contributed by atoms with Gasteiger partial charge in [-0.2, -0.15) is 0 Å². The average Bonchev–Trinajstić information content (AvgIpc) is 3.83. The Morgan fingerprint density at radius 3 is 1.33 bits per heavy atom. The summed E-state index contributed by atoms with van der Waals surface area (Å²) in [6.45, 7) is 0. The molecule has 1 aromatic heterocycles. The predicted molar refractivity (Wildman–Crippen MR) is 298 cm³/mol. The van der Waals surface area contributed by atoms with Crippen LogP contribution in [0.2, 0.25) is 0 Å². The van der Waals surface area contributed by atoms with E-state index >= 15 is 0 Å². The van der Waals surface area contributed by atoms with Crippen LogP contribution >= 0.6 is 0 Å². The molecule has 326 valence electrons. The van der Waals surface area contributed by atoms with E-state index in [1.54, 1.807) is 0 Å². The molecule has 2 heteroatoms. The molecule has 1 heterocycles. The highest BCUT2D eigenvalue weighted by atomic mass is 16.3. The van der Waals surface area contributed by atoms with Crippen LogP contribution in [0.3, 0.4) is 0 Å². The lowest BCUT2D eigenvalue weighted by molar-refractivity contribution is 0.669. The molecule has 0 radical (unpaired) electrons. The molecule has 0 aliphatic heterocycles. The fourth-order valence-electron chi connectivity index (χ4n) is 10.8. The maximum absolute atomic E-state index is 6.86. The molecule has 2 nitrogen and oxygen atoms in total. The molecule has 0 bridgehead atoms. The zero-order chi connectivity index (χ0) is 46.1. The Kier molecular flexibility index (Phi) is 9.25. The van der Waals surface area contributed by atoms with Gasteiger partial charge in [0.15, 0.2) is 5.58 Å². The van der Waals surface area contributed by atoms with Gasteiger partial charge in [0, 0.05) is 22.1 Å². The van der Waals surface area contributed by atoms with Crippen LogP contribution in [0.1, 0.15) is 0 Å². The predicted octanol–water partition coefficient (Wildman–Crippen LogP) is 19.5. The van der Waals surface area contributed by atoms with Gasteiger partial charge in [-0.3, -0.25) is 0 Å². The van der Waals surface area contributed by atoms with Crippen molar-refractivity contribution >= 4 is 92.9 Å². The quantitative estimate of drug-likeness (QED) is 0.159. The van der Waals surface area contributed by atoms with Crippen LogP contribution in [0.15, 0.2) is 265 Å². The second-order valence-corrected chi connectivity index (χ2v) is 18.5. The van der Waals surface area contributed by atoms with Crippen molar-refractivity contribution in [2.45, 2.75) is 0 Å². The third-order valence-electron chi connectivity index (χ3n) is 14.4. The monoisotopic (exact) mass is 889 g/mol. The first kappa shape index (κ1) is 39.9. The molecule has 0 spiro atoms. The highest BCUT2D eigenvalue weighted by Crippen LogP contribution is 2.45. The van der Waals surface area contributed by atoms with Gasteiger partial charge in [-0.25, -0.2) is 0 Å². The second-order valence-electron chi connectivity index (χ2n) is 18.5. The van der Waals surface area contributed by atoms with Gasteiger partial charge >= 0.3 is 0 Å².